The molecule has 1 aliphatic rings. The van der Waals surface area contributed by atoms with E-state index in [1.807, 2.05) is 6.92 Å². The molecular formula is C28H27NO7. The number of benzene rings is 3. The zero-order valence-electron chi connectivity index (χ0n) is 20.5. The Morgan fingerprint density at radius 2 is 1.56 bits per heavy atom. The van der Waals surface area contributed by atoms with Gasteiger partial charge in [0, 0.05) is 5.69 Å². The number of rotatable bonds is 8. The molecular weight excluding hydrogens is 462 g/mol. The number of ether oxygens (including phenoxy) is 4. The summed E-state index contributed by atoms with van der Waals surface area (Å²) >= 11 is 0. The van der Waals surface area contributed by atoms with Gasteiger partial charge in [-0.3, -0.25) is 14.5 Å². The normalized spacial score (nSPS) is 16.7. The molecule has 1 amide bonds. The van der Waals surface area contributed by atoms with Gasteiger partial charge >= 0.3 is 0 Å². The molecule has 186 valence electrons. The molecule has 3 aromatic carbocycles. The molecule has 0 bridgehead atoms. The molecule has 1 atom stereocenters. The molecule has 0 aliphatic carbocycles. The van der Waals surface area contributed by atoms with Crippen LogP contribution in [0.5, 0.6) is 23.0 Å². The Balaban J connectivity index is 1.97. The number of carbonyl (C=O) groups is 2. The van der Waals surface area contributed by atoms with E-state index < -0.39 is 17.7 Å². The summed E-state index contributed by atoms with van der Waals surface area (Å²) in [5.74, 6) is 0.0175. The van der Waals surface area contributed by atoms with Crippen molar-refractivity contribution in [1.82, 2.24) is 0 Å². The topological polar surface area (TPSA) is 94.5 Å². The number of carbonyl (C=O) groups excluding carboxylic acids is 2. The molecule has 0 saturated carbocycles. The summed E-state index contributed by atoms with van der Waals surface area (Å²) in [6.45, 7) is 2.23. The summed E-state index contributed by atoms with van der Waals surface area (Å²) < 4.78 is 21.8. The molecule has 3 aromatic rings. The van der Waals surface area contributed by atoms with E-state index in [2.05, 4.69) is 0 Å². The van der Waals surface area contributed by atoms with Crippen LogP contribution in [0, 0.1) is 0 Å². The fourth-order valence-corrected chi connectivity index (χ4v) is 4.27. The van der Waals surface area contributed by atoms with Crippen LogP contribution in [-0.2, 0) is 9.59 Å². The SMILES string of the molecule is CCOc1cc(C2/C(=C(/O)c3ccccc3OC)C(=O)C(=O)N2c2ccc(OC)cc2)ccc1OC. The van der Waals surface area contributed by atoms with E-state index >= 15 is 0 Å². The van der Waals surface area contributed by atoms with Crippen LogP contribution >= 0.6 is 0 Å². The van der Waals surface area contributed by atoms with Crippen LogP contribution in [-0.4, -0.2) is 44.7 Å². The van der Waals surface area contributed by atoms with Crippen LogP contribution in [0.1, 0.15) is 24.1 Å². The second kappa shape index (κ2) is 10.4. The first-order valence-corrected chi connectivity index (χ1v) is 11.3. The van der Waals surface area contributed by atoms with Gasteiger partial charge in [0.2, 0.25) is 0 Å². The molecule has 1 heterocycles. The Kier molecular flexibility index (Phi) is 7.15. The van der Waals surface area contributed by atoms with Gasteiger partial charge < -0.3 is 24.1 Å². The number of nitrogens with zero attached hydrogens (tertiary/aromatic N) is 1. The minimum absolute atomic E-state index is 0.0621. The summed E-state index contributed by atoms with van der Waals surface area (Å²) in [6, 6.07) is 17.8. The maximum absolute atomic E-state index is 13.4. The van der Waals surface area contributed by atoms with E-state index in [1.54, 1.807) is 73.8 Å². The summed E-state index contributed by atoms with van der Waals surface area (Å²) in [5.41, 5.74) is 1.27. The third kappa shape index (κ3) is 4.33. The summed E-state index contributed by atoms with van der Waals surface area (Å²) in [5, 5.41) is 11.4. The van der Waals surface area contributed by atoms with Crippen LogP contribution in [0.3, 0.4) is 0 Å². The van der Waals surface area contributed by atoms with Crippen molar-refractivity contribution >= 4 is 23.1 Å². The molecule has 1 fully saturated rings. The van der Waals surface area contributed by atoms with Crippen LogP contribution in [0.4, 0.5) is 5.69 Å². The second-order valence-corrected chi connectivity index (χ2v) is 7.91. The number of anilines is 1. The maximum Gasteiger partial charge on any atom is 0.300 e. The molecule has 0 spiro atoms. The van der Waals surface area contributed by atoms with Crippen LogP contribution in [0.2, 0.25) is 0 Å². The number of hydrogen-bond acceptors (Lipinski definition) is 7. The lowest BCUT2D eigenvalue weighted by atomic mass is 9.94. The first-order chi connectivity index (χ1) is 17.4. The minimum atomic E-state index is -0.937. The van der Waals surface area contributed by atoms with E-state index in [-0.39, 0.29) is 11.3 Å². The van der Waals surface area contributed by atoms with Crippen molar-refractivity contribution < 1.29 is 33.6 Å². The molecule has 8 nitrogen and oxygen atoms in total. The predicted octanol–water partition coefficient (Wildman–Crippen LogP) is 4.74. The fourth-order valence-electron chi connectivity index (χ4n) is 4.27. The molecule has 1 saturated heterocycles. The number of Topliss-reactive ketones (excluding diaryl/α,β-unsaturated/α-hetero) is 1. The largest absolute Gasteiger partial charge is 0.507 e. The first-order valence-electron chi connectivity index (χ1n) is 11.3. The van der Waals surface area contributed by atoms with Gasteiger partial charge in [-0.15, -0.1) is 0 Å². The molecule has 8 heteroatoms. The standard InChI is InChI=1S/C28H27NO7/c1-5-36-23-16-17(10-15-22(23)35-4)25-24(26(30)20-8-6-7-9-21(20)34-3)27(31)28(32)29(25)18-11-13-19(33-2)14-12-18/h6-16,25,30H,5H2,1-4H3/b26-24-. The van der Waals surface area contributed by atoms with Crippen molar-refractivity contribution in [3.8, 4) is 23.0 Å². The number of methoxy groups -OCH3 is 3. The lowest BCUT2D eigenvalue weighted by Gasteiger charge is -2.26. The highest BCUT2D eigenvalue weighted by Gasteiger charge is 2.47. The first kappa shape index (κ1) is 24.7. The van der Waals surface area contributed by atoms with E-state index in [9.17, 15) is 14.7 Å². The average molecular weight is 490 g/mol. The number of hydrogen-bond donors (Lipinski definition) is 1. The van der Waals surface area contributed by atoms with Crippen molar-refractivity contribution in [2.75, 3.05) is 32.8 Å². The molecule has 4 rings (SSSR count). The van der Waals surface area contributed by atoms with Gasteiger partial charge in [0.15, 0.2) is 11.5 Å². The van der Waals surface area contributed by atoms with E-state index in [4.69, 9.17) is 18.9 Å². The summed E-state index contributed by atoms with van der Waals surface area (Å²) in [4.78, 5) is 28.2. The summed E-state index contributed by atoms with van der Waals surface area (Å²) in [6.07, 6.45) is 0. The molecule has 1 N–H and O–H groups in total. The third-order valence-corrected chi connectivity index (χ3v) is 5.96. The molecule has 0 aromatic heterocycles. The van der Waals surface area contributed by atoms with Crippen molar-refractivity contribution in [3.05, 3.63) is 83.4 Å². The van der Waals surface area contributed by atoms with Crippen molar-refractivity contribution in [2.24, 2.45) is 0 Å². The second-order valence-electron chi connectivity index (χ2n) is 7.91. The Labute approximate surface area is 209 Å². The fraction of sp³-hybridized carbons (Fsp3) is 0.214. The van der Waals surface area contributed by atoms with Gasteiger partial charge in [0.05, 0.1) is 45.1 Å². The van der Waals surface area contributed by atoms with Crippen molar-refractivity contribution in [3.63, 3.8) is 0 Å². The van der Waals surface area contributed by atoms with Gasteiger partial charge in [-0.1, -0.05) is 18.2 Å². The van der Waals surface area contributed by atoms with Crippen LogP contribution in [0.25, 0.3) is 5.76 Å². The molecule has 1 unspecified atom stereocenters. The Morgan fingerprint density at radius 3 is 2.19 bits per heavy atom. The van der Waals surface area contributed by atoms with E-state index in [1.165, 1.54) is 19.1 Å². The monoisotopic (exact) mass is 489 g/mol. The smallest absolute Gasteiger partial charge is 0.300 e. The van der Waals surface area contributed by atoms with E-state index in [0.717, 1.165) is 0 Å². The number of amides is 1. The van der Waals surface area contributed by atoms with Gasteiger partial charge in [-0.05, 0) is 61.0 Å². The minimum Gasteiger partial charge on any atom is -0.507 e. The average Bonchev–Trinajstić information content (AvgIpc) is 3.18. The van der Waals surface area contributed by atoms with Gasteiger partial charge in [0.1, 0.15) is 17.3 Å². The highest BCUT2D eigenvalue weighted by Crippen LogP contribution is 2.45. The van der Waals surface area contributed by atoms with Crippen molar-refractivity contribution in [2.45, 2.75) is 13.0 Å². The molecule has 1 aliphatic heterocycles. The Hall–Kier alpha value is -4.46. The highest BCUT2D eigenvalue weighted by molar-refractivity contribution is 6.51. The lowest BCUT2D eigenvalue weighted by Crippen LogP contribution is -2.29. The number of ketones is 1. The van der Waals surface area contributed by atoms with Gasteiger partial charge in [-0.25, -0.2) is 0 Å². The predicted molar refractivity (Wildman–Crippen MR) is 135 cm³/mol. The van der Waals surface area contributed by atoms with Gasteiger partial charge in [0.25, 0.3) is 11.7 Å². The molecule has 0 radical (unpaired) electrons. The maximum atomic E-state index is 13.4. The quantitative estimate of drug-likeness (QED) is 0.278. The summed E-state index contributed by atoms with van der Waals surface area (Å²) in [7, 11) is 4.54. The van der Waals surface area contributed by atoms with Crippen LogP contribution < -0.4 is 23.8 Å². The lowest BCUT2D eigenvalue weighted by molar-refractivity contribution is -0.132. The van der Waals surface area contributed by atoms with E-state index in [0.29, 0.717) is 46.4 Å². The number of para-hydroxylation sites is 1. The molecule has 36 heavy (non-hydrogen) atoms. The van der Waals surface area contributed by atoms with Crippen LogP contribution in [0.15, 0.2) is 72.3 Å². The van der Waals surface area contributed by atoms with Crippen molar-refractivity contribution in [1.29, 1.82) is 0 Å². The Morgan fingerprint density at radius 1 is 0.861 bits per heavy atom. The third-order valence-electron chi connectivity index (χ3n) is 5.96. The number of aliphatic hydroxyl groups excluding tert-OH is 1. The zero-order chi connectivity index (χ0) is 25.8. The number of aliphatic hydroxyl groups is 1. The zero-order valence-corrected chi connectivity index (χ0v) is 20.5. The van der Waals surface area contributed by atoms with Gasteiger partial charge in [-0.2, -0.15) is 0 Å². The highest BCUT2D eigenvalue weighted by atomic mass is 16.5. The Bertz CT molecular complexity index is 1310.